The molecule has 3 heterocycles. The fourth-order valence-corrected chi connectivity index (χ4v) is 6.06. The van der Waals surface area contributed by atoms with E-state index in [1.165, 1.54) is 0 Å². The first-order valence-electron chi connectivity index (χ1n) is 16.4. The molecule has 7 atom stereocenters. The van der Waals surface area contributed by atoms with Gasteiger partial charge in [-0.1, -0.05) is 25.3 Å². The molecule has 44 heavy (non-hydrogen) atoms. The average molecular weight is 614 g/mol. The monoisotopic (exact) mass is 614 g/mol. The highest BCUT2D eigenvalue weighted by atomic mass is 16.8. The van der Waals surface area contributed by atoms with Crippen molar-refractivity contribution in [1.29, 1.82) is 0 Å². The van der Waals surface area contributed by atoms with E-state index in [0.717, 1.165) is 19.5 Å². The van der Waals surface area contributed by atoms with Crippen LogP contribution in [-0.4, -0.2) is 162 Å². The van der Waals surface area contributed by atoms with E-state index in [2.05, 4.69) is 9.80 Å². The first-order chi connectivity index (χ1) is 21.1. The third-order valence-corrected chi connectivity index (χ3v) is 8.48. The van der Waals surface area contributed by atoms with Gasteiger partial charge in [0.1, 0.15) is 0 Å². The Hall–Kier alpha value is -0.140. The van der Waals surface area contributed by atoms with E-state index in [4.69, 9.17) is 69.3 Å². The van der Waals surface area contributed by atoms with Crippen LogP contribution in [0.2, 0.25) is 25.3 Å². The molecule has 0 aromatic heterocycles. The van der Waals surface area contributed by atoms with E-state index in [9.17, 15) is 0 Å². The third kappa shape index (κ3) is 12.8. The van der Waals surface area contributed by atoms with E-state index in [1.807, 2.05) is 20.8 Å². The lowest BCUT2D eigenvalue weighted by atomic mass is 9.98. The van der Waals surface area contributed by atoms with Gasteiger partial charge in [0.2, 0.25) is 0 Å². The molecule has 0 spiro atoms. The van der Waals surface area contributed by atoms with Crippen LogP contribution in [0.3, 0.4) is 0 Å². The molecular weight excluding hydrogens is 560 g/mol. The SMILES string of the molecule is [B]CCCOCC(CN(CCN(CC1COC(C)(CC[B])O1)CC1COC(C)(CC[B])O1)CC1COC(C)(CC[B])O1)OC. The van der Waals surface area contributed by atoms with Crippen molar-refractivity contribution in [3.8, 4) is 0 Å². The summed E-state index contributed by atoms with van der Waals surface area (Å²) in [5.41, 5.74) is 0. The second-order valence-electron chi connectivity index (χ2n) is 12.8. The van der Waals surface area contributed by atoms with Crippen LogP contribution < -0.4 is 0 Å². The Morgan fingerprint density at radius 2 is 1.11 bits per heavy atom. The van der Waals surface area contributed by atoms with Gasteiger partial charge in [-0.3, -0.25) is 9.80 Å². The molecule has 0 aliphatic carbocycles. The third-order valence-electron chi connectivity index (χ3n) is 8.48. The van der Waals surface area contributed by atoms with E-state index >= 15 is 0 Å². The van der Waals surface area contributed by atoms with Crippen LogP contribution in [0.25, 0.3) is 0 Å². The van der Waals surface area contributed by atoms with E-state index in [1.54, 1.807) is 7.11 Å². The molecule has 3 fully saturated rings. The number of hydrogen-bond donors (Lipinski definition) is 0. The molecule has 0 aromatic rings. The molecule has 0 saturated carbocycles. The van der Waals surface area contributed by atoms with Crippen molar-refractivity contribution in [2.24, 2.45) is 0 Å². The minimum Gasteiger partial charge on any atom is -0.379 e. The topological polar surface area (TPSA) is 80.3 Å². The minimum atomic E-state index is -0.658. The maximum absolute atomic E-state index is 6.33. The van der Waals surface area contributed by atoms with Crippen LogP contribution in [0.15, 0.2) is 0 Å². The number of methoxy groups -OCH3 is 1. The summed E-state index contributed by atoms with van der Waals surface area (Å²) in [5.74, 6) is -1.97. The predicted molar refractivity (Wildman–Crippen MR) is 173 cm³/mol. The van der Waals surface area contributed by atoms with Gasteiger partial charge in [0.25, 0.3) is 0 Å². The summed E-state index contributed by atoms with van der Waals surface area (Å²) in [6.45, 7) is 12.8. The highest BCUT2D eigenvalue weighted by Gasteiger charge is 2.40. The highest BCUT2D eigenvalue weighted by molar-refractivity contribution is 6.09. The minimum absolute atomic E-state index is 0.0797. The molecule has 7 unspecified atom stereocenters. The van der Waals surface area contributed by atoms with Gasteiger partial charge < -0.3 is 37.9 Å². The lowest BCUT2D eigenvalue weighted by Crippen LogP contribution is -2.47. The normalized spacial score (nSPS) is 33.2. The van der Waals surface area contributed by atoms with Crippen LogP contribution in [-0.2, 0) is 37.9 Å². The fraction of sp³-hybridized carbons (Fsp3) is 1.00. The molecule has 8 radical (unpaired) electrons. The highest BCUT2D eigenvalue weighted by Crippen LogP contribution is 2.31. The van der Waals surface area contributed by atoms with Gasteiger partial charge in [-0.2, -0.15) is 0 Å². The first kappa shape index (κ1) is 38.3. The maximum atomic E-state index is 6.33. The Morgan fingerprint density at radius 1 is 0.682 bits per heavy atom. The summed E-state index contributed by atoms with van der Waals surface area (Å²) >= 11 is 0. The van der Waals surface area contributed by atoms with Crippen molar-refractivity contribution in [2.45, 2.75) is 114 Å². The van der Waals surface area contributed by atoms with Crippen molar-refractivity contribution in [2.75, 3.05) is 79.4 Å². The number of hydrogen-bond acceptors (Lipinski definition) is 10. The van der Waals surface area contributed by atoms with Crippen molar-refractivity contribution < 1.29 is 37.9 Å². The summed E-state index contributed by atoms with van der Waals surface area (Å²) < 4.78 is 48.7. The lowest BCUT2D eigenvalue weighted by molar-refractivity contribution is -0.162. The smallest absolute Gasteiger partial charge is 0.165 e. The fourth-order valence-electron chi connectivity index (χ4n) is 6.06. The summed E-state index contributed by atoms with van der Waals surface area (Å²) in [6, 6.07) is 0. The Morgan fingerprint density at radius 3 is 1.52 bits per heavy atom. The second kappa shape index (κ2) is 19.0. The maximum Gasteiger partial charge on any atom is 0.165 e. The molecule has 0 aromatic carbocycles. The standard InChI is InChI=1S/C30H54B4N2O8/c1-28(6-10-32)39-21-25(42-28)17-35(16-24(37-4)20-38-15-5-9-31)13-14-36(18-26-22-40-29(2,43-26)7-11-33)19-27-23-41-30(3,44-27)8-12-34/h24-27H,5-23H2,1-4H3. The van der Waals surface area contributed by atoms with Crippen molar-refractivity contribution in [3.63, 3.8) is 0 Å². The zero-order chi connectivity index (χ0) is 32.1. The summed E-state index contributed by atoms with van der Waals surface area (Å²) in [7, 11) is 24.8. The number of ether oxygens (including phenoxy) is 8. The summed E-state index contributed by atoms with van der Waals surface area (Å²) in [6.07, 6.45) is 4.51. The zero-order valence-electron chi connectivity index (χ0n) is 27.7. The molecule has 0 amide bonds. The predicted octanol–water partition coefficient (Wildman–Crippen LogP) is 1.92. The largest absolute Gasteiger partial charge is 0.379 e. The molecule has 3 saturated heterocycles. The molecular formula is C30H54B4N2O8. The van der Waals surface area contributed by atoms with Gasteiger partial charge in [-0.15, -0.1) is 0 Å². The molecule has 0 bridgehead atoms. The van der Waals surface area contributed by atoms with Crippen LogP contribution in [0, 0.1) is 0 Å². The van der Waals surface area contributed by atoms with Gasteiger partial charge in [0.05, 0.1) is 82.2 Å². The molecule has 244 valence electrons. The van der Waals surface area contributed by atoms with Crippen LogP contribution in [0.1, 0.15) is 46.5 Å². The Balaban J connectivity index is 1.67. The molecule has 0 N–H and O–H groups in total. The second-order valence-corrected chi connectivity index (χ2v) is 12.8. The number of nitrogens with zero attached hydrogens (tertiary/aromatic N) is 2. The van der Waals surface area contributed by atoms with Gasteiger partial charge in [-0.05, 0) is 46.5 Å². The Kier molecular flexibility index (Phi) is 16.5. The van der Waals surface area contributed by atoms with Gasteiger partial charge in [0.15, 0.2) is 17.4 Å². The van der Waals surface area contributed by atoms with E-state index < -0.39 is 17.4 Å². The van der Waals surface area contributed by atoms with Crippen LogP contribution in [0.4, 0.5) is 0 Å². The number of rotatable bonds is 23. The Bertz CT molecular complexity index is 780. The average Bonchev–Trinajstić information content (AvgIpc) is 3.65. The molecule has 3 aliphatic rings. The van der Waals surface area contributed by atoms with Crippen molar-refractivity contribution >= 4 is 31.4 Å². The van der Waals surface area contributed by atoms with Crippen LogP contribution >= 0.6 is 0 Å². The molecule has 10 nitrogen and oxygen atoms in total. The first-order valence-corrected chi connectivity index (χ1v) is 16.4. The quantitative estimate of drug-likeness (QED) is 0.126. The van der Waals surface area contributed by atoms with Crippen molar-refractivity contribution in [1.82, 2.24) is 9.80 Å². The van der Waals surface area contributed by atoms with Gasteiger partial charge >= 0.3 is 0 Å². The van der Waals surface area contributed by atoms with Gasteiger partial charge in [-0.25, -0.2) is 0 Å². The van der Waals surface area contributed by atoms with Gasteiger partial charge in [0, 0.05) is 53.0 Å². The molecule has 3 aliphatic heterocycles. The molecule has 3 rings (SSSR count). The van der Waals surface area contributed by atoms with E-state index in [-0.39, 0.29) is 24.4 Å². The summed E-state index contributed by atoms with van der Waals surface area (Å²) in [5, 5.41) is 0. The summed E-state index contributed by atoms with van der Waals surface area (Å²) in [4.78, 5) is 4.74. The molecule has 14 heteroatoms. The van der Waals surface area contributed by atoms with E-state index in [0.29, 0.717) is 104 Å². The zero-order valence-corrected chi connectivity index (χ0v) is 27.7. The Labute approximate surface area is 271 Å². The van der Waals surface area contributed by atoms with Crippen LogP contribution in [0.5, 0.6) is 0 Å². The van der Waals surface area contributed by atoms with Crippen molar-refractivity contribution in [3.05, 3.63) is 0 Å². The lowest BCUT2D eigenvalue weighted by Gasteiger charge is -2.33.